The second-order valence-electron chi connectivity index (χ2n) is 8.72. The van der Waals surface area contributed by atoms with E-state index >= 15 is 0 Å². The van der Waals surface area contributed by atoms with Gasteiger partial charge in [0.05, 0.1) is 34.7 Å². The number of aromatic nitrogens is 4. The minimum Gasteiger partial charge on any atom is -0.327 e. The number of benzene rings is 3. The third-order valence-corrected chi connectivity index (χ3v) is 7.54. The number of para-hydroxylation sites is 1. The number of imidazole rings is 1. The van der Waals surface area contributed by atoms with Gasteiger partial charge in [0.25, 0.3) is 10.0 Å². The van der Waals surface area contributed by atoms with Gasteiger partial charge in [0.2, 0.25) is 0 Å². The van der Waals surface area contributed by atoms with Crippen LogP contribution in [0.15, 0.2) is 115 Å². The first kappa shape index (κ1) is 25.0. The Labute approximate surface area is 220 Å². The molecule has 192 valence electrons. The fourth-order valence-electron chi connectivity index (χ4n) is 4.23. The molecule has 3 aromatic carbocycles. The zero-order valence-electron chi connectivity index (χ0n) is 20.6. The van der Waals surface area contributed by atoms with Crippen LogP contribution in [0.25, 0.3) is 11.4 Å². The molecule has 5 rings (SSSR count). The van der Waals surface area contributed by atoms with Crippen LogP contribution in [-0.2, 0) is 16.4 Å². The summed E-state index contributed by atoms with van der Waals surface area (Å²) in [6.45, 7) is 1.68. The van der Waals surface area contributed by atoms with Crippen LogP contribution in [0.3, 0.4) is 0 Å². The summed E-state index contributed by atoms with van der Waals surface area (Å²) in [5.74, 6) is 0.532. The predicted molar refractivity (Wildman–Crippen MR) is 144 cm³/mol. The quantitative estimate of drug-likeness (QED) is 0.313. The highest BCUT2D eigenvalue weighted by atomic mass is 32.2. The Hall–Kier alpha value is -4.70. The van der Waals surface area contributed by atoms with Crippen molar-refractivity contribution in [3.63, 3.8) is 0 Å². The number of nitrogens with one attached hydrogen (secondary N) is 2. The van der Waals surface area contributed by atoms with Crippen LogP contribution in [-0.4, -0.2) is 33.8 Å². The Morgan fingerprint density at radius 1 is 0.921 bits per heavy atom. The van der Waals surface area contributed by atoms with Gasteiger partial charge in [-0.3, -0.25) is 4.57 Å². The predicted octanol–water partition coefficient (Wildman–Crippen LogP) is 4.34. The first-order chi connectivity index (χ1) is 18.4. The highest BCUT2D eigenvalue weighted by Gasteiger charge is 2.25. The molecule has 38 heavy (non-hydrogen) atoms. The molecule has 2 amide bonds. The molecule has 0 aliphatic rings. The number of sulfonamides is 1. The van der Waals surface area contributed by atoms with Gasteiger partial charge in [-0.15, -0.1) is 0 Å². The maximum Gasteiger partial charge on any atom is 0.329 e. The Morgan fingerprint density at radius 3 is 2.34 bits per heavy atom. The van der Waals surface area contributed by atoms with Crippen LogP contribution in [0.2, 0.25) is 0 Å². The van der Waals surface area contributed by atoms with Gasteiger partial charge in [-0.1, -0.05) is 66.7 Å². The minimum atomic E-state index is -4.07. The van der Waals surface area contributed by atoms with Gasteiger partial charge < -0.3 is 5.32 Å². The van der Waals surface area contributed by atoms with Gasteiger partial charge in [-0.05, 0) is 42.7 Å². The fraction of sp³-hybridized carbons (Fsp3) is 0.107. The summed E-state index contributed by atoms with van der Waals surface area (Å²) >= 11 is 0. The topological polar surface area (TPSA) is 111 Å². The van der Waals surface area contributed by atoms with Gasteiger partial charge in [-0.25, -0.2) is 27.6 Å². The molecule has 0 bridgehead atoms. The number of carbonyl (C=O) groups excluding carboxylic acids is 1. The van der Waals surface area contributed by atoms with Crippen LogP contribution < -0.4 is 10.0 Å². The summed E-state index contributed by atoms with van der Waals surface area (Å²) in [4.78, 5) is 17.6. The third-order valence-electron chi connectivity index (χ3n) is 6.05. The Morgan fingerprint density at radius 2 is 1.61 bits per heavy atom. The van der Waals surface area contributed by atoms with Crippen molar-refractivity contribution in [3.05, 3.63) is 127 Å². The molecule has 2 heterocycles. The summed E-state index contributed by atoms with van der Waals surface area (Å²) in [6.07, 6.45) is 7.38. The van der Waals surface area contributed by atoms with Crippen molar-refractivity contribution < 1.29 is 13.2 Å². The molecule has 2 aromatic heterocycles. The molecule has 5 aromatic rings. The van der Waals surface area contributed by atoms with E-state index in [1.54, 1.807) is 48.4 Å². The molecule has 0 unspecified atom stereocenters. The van der Waals surface area contributed by atoms with Crippen LogP contribution in [0.1, 0.15) is 23.0 Å². The molecule has 0 spiro atoms. The van der Waals surface area contributed by atoms with E-state index in [-0.39, 0.29) is 4.90 Å². The summed E-state index contributed by atoms with van der Waals surface area (Å²) < 4.78 is 31.5. The van der Waals surface area contributed by atoms with E-state index in [4.69, 9.17) is 0 Å². The molecule has 9 nitrogen and oxygen atoms in total. The zero-order chi connectivity index (χ0) is 26.5. The maximum absolute atomic E-state index is 13.0. The van der Waals surface area contributed by atoms with E-state index in [0.29, 0.717) is 17.8 Å². The molecule has 0 saturated carbocycles. The van der Waals surface area contributed by atoms with Gasteiger partial charge in [-0.2, -0.15) is 5.10 Å². The van der Waals surface area contributed by atoms with Crippen molar-refractivity contribution in [2.24, 2.45) is 0 Å². The van der Waals surface area contributed by atoms with Gasteiger partial charge >= 0.3 is 6.03 Å². The lowest BCUT2D eigenvalue weighted by molar-refractivity contribution is 0.241. The van der Waals surface area contributed by atoms with Crippen LogP contribution in [0, 0.1) is 6.92 Å². The lowest BCUT2D eigenvalue weighted by Gasteiger charge is -2.20. The number of aryl methyl sites for hydroxylation is 1. The average molecular weight is 527 g/mol. The largest absolute Gasteiger partial charge is 0.329 e. The number of urea groups is 1. The Bertz CT molecular complexity index is 1650. The zero-order valence-corrected chi connectivity index (χ0v) is 21.4. The molecule has 0 fully saturated rings. The molecular weight excluding hydrogens is 500 g/mol. The van der Waals surface area contributed by atoms with Crippen molar-refractivity contribution in [2.45, 2.75) is 24.3 Å². The van der Waals surface area contributed by atoms with Crippen molar-refractivity contribution in [2.75, 3.05) is 0 Å². The molecular formula is C28H26N6O3S. The van der Waals surface area contributed by atoms with Crippen molar-refractivity contribution in [1.29, 1.82) is 0 Å². The highest BCUT2D eigenvalue weighted by molar-refractivity contribution is 7.90. The number of carbonyl (C=O) groups is 1. The number of hydrogen-bond acceptors (Lipinski definition) is 5. The standard InChI is InChI=1S/C28H26N6O3S/c1-21-10-8-9-15-26(21)38(36,37)32-28(35)31-25(18-22-11-4-2-5-12-22)27-29-16-17-33(27)24-19-30-34(20-24)23-13-6-3-7-14-23/h2-17,19-20,25H,18H2,1H3,(H2,31,32,35)/t25-/m0/s1. The number of rotatable bonds is 8. The Balaban J connectivity index is 1.44. The van der Waals surface area contributed by atoms with Crippen molar-refractivity contribution >= 4 is 16.1 Å². The van der Waals surface area contributed by atoms with Crippen LogP contribution in [0.4, 0.5) is 4.79 Å². The number of hydrogen-bond donors (Lipinski definition) is 2. The van der Waals surface area contributed by atoms with Crippen LogP contribution >= 0.6 is 0 Å². The second-order valence-corrected chi connectivity index (χ2v) is 10.4. The molecule has 2 N–H and O–H groups in total. The van der Waals surface area contributed by atoms with Crippen molar-refractivity contribution in [1.82, 2.24) is 29.4 Å². The van der Waals surface area contributed by atoms with Crippen molar-refractivity contribution in [3.8, 4) is 11.4 Å². The van der Waals surface area contributed by atoms with Crippen LogP contribution in [0.5, 0.6) is 0 Å². The van der Waals surface area contributed by atoms with E-state index in [1.807, 2.05) is 71.4 Å². The van der Waals surface area contributed by atoms with E-state index in [2.05, 4.69) is 20.1 Å². The fourth-order valence-corrected chi connectivity index (χ4v) is 5.39. The smallest absolute Gasteiger partial charge is 0.327 e. The first-order valence-electron chi connectivity index (χ1n) is 12.0. The highest BCUT2D eigenvalue weighted by Crippen LogP contribution is 2.22. The van der Waals surface area contributed by atoms with E-state index in [1.165, 1.54) is 6.07 Å². The van der Waals surface area contributed by atoms with Gasteiger partial charge in [0, 0.05) is 12.4 Å². The molecule has 0 radical (unpaired) electrons. The molecule has 0 saturated heterocycles. The lowest BCUT2D eigenvalue weighted by atomic mass is 10.1. The second kappa shape index (κ2) is 10.7. The molecule has 1 atom stereocenters. The van der Waals surface area contributed by atoms with E-state index in [0.717, 1.165) is 16.9 Å². The van der Waals surface area contributed by atoms with Gasteiger partial charge in [0.1, 0.15) is 5.82 Å². The molecule has 10 heteroatoms. The molecule has 0 aliphatic carbocycles. The molecule has 0 aliphatic heterocycles. The minimum absolute atomic E-state index is 0.0459. The average Bonchev–Trinajstić information content (AvgIpc) is 3.59. The number of amides is 2. The normalized spacial score (nSPS) is 12.1. The van der Waals surface area contributed by atoms with Gasteiger partial charge in [0.15, 0.2) is 0 Å². The Kier molecular flexibility index (Phi) is 7.05. The first-order valence-corrected chi connectivity index (χ1v) is 13.5. The summed E-state index contributed by atoms with van der Waals surface area (Å²) in [7, 11) is -4.07. The van der Waals surface area contributed by atoms with E-state index in [9.17, 15) is 13.2 Å². The summed E-state index contributed by atoms with van der Waals surface area (Å²) in [5, 5.41) is 7.29. The summed E-state index contributed by atoms with van der Waals surface area (Å²) in [5.41, 5.74) is 3.14. The monoisotopic (exact) mass is 526 g/mol. The third kappa shape index (κ3) is 5.50. The lowest BCUT2D eigenvalue weighted by Crippen LogP contribution is -2.42. The SMILES string of the molecule is Cc1ccccc1S(=O)(=O)NC(=O)N[C@@H](Cc1ccccc1)c1nccn1-c1cnn(-c2ccccc2)c1. The maximum atomic E-state index is 13.0. The van der Waals surface area contributed by atoms with E-state index < -0.39 is 22.1 Å². The summed E-state index contributed by atoms with van der Waals surface area (Å²) in [6, 6.07) is 24.3. The number of nitrogens with zero attached hydrogens (tertiary/aromatic N) is 4.